The van der Waals surface area contributed by atoms with Crippen LogP contribution in [0, 0.1) is 0 Å². The van der Waals surface area contributed by atoms with Crippen LogP contribution in [0.4, 0.5) is 5.69 Å². The summed E-state index contributed by atoms with van der Waals surface area (Å²) in [5.41, 5.74) is 4.88. The van der Waals surface area contributed by atoms with Gasteiger partial charge in [-0.25, -0.2) is 5.43 Å². The van der Waals surface area contributed by atoms with Gasteiger partial charge in [0.05, 0.1) is 30.4 Å². The fourth-order valence-electron chi connectivity index (χ4n) is 3.21. The summed E-state index contributed by atoms with van der Waals surface area (Å²) >= 11 is 1.37. The predicted molar refractivity (Wildman–Crippen MR) is 138 cm³/mol. The Morgan fingerprint density at radius 2 is 1.54 bits per heavy atom. The molecule has 184 valence electrons. The average molecular weight is 496 g/mol. The third kappa shape index (κ3) is 6.83. The van der Waals surface area contributed by atoms with E-state index in [4.69, 9.17) is 14.2 Å². The van der Waals surface area contributed by atoms with E-state index in [-0.39, 0.29) is 5.91 Å². The number of ether oxygens (including phenoxy) is 3. The van der Waals surface area contributed by atoms with Crippen LogP contribution in [0.2, 0.25) is 0 Å². The number of nitrogens with zero attached hydrogens (tertiary/aromatic N) is 1. The first-order valence-corrected chi connectivity index (χ1v) is 12.2. The molecule has 2 aromatic carbocycles. The second-order valence-electron chi connectivity index (χ2n) is 7.25. The van der Waals surface area contributed by atoms with Crippen molar-refractivity contribution in [2.24, 2.45) is 5.10 Å². The Hall–Kier alpha value is -3.85. The van der Waals surface area contributed by atoms with Gasteiger partial charge in [-0.05, 0) is 69.0 Å². The average Bonchev–Trinajstić information content (AvgIpc) is 3.40. The number of nitrogens with one attached hydrogen (secondary N) is 2. The number of amides is 2. The fourth-order valence-corrected chi connectivity index (χ4v) is 3.82. The molecule has 0 saturated heterocycles. The number of benzene rings is 2. The van der Waals surface area contributed by atoms with Gasteiger partial charge in [0.15, 0.2) is 11.5 Å². The summed E-state index contributed by atoms with van der Waals surface area (Å²) in [5.74, 6) is 0.733. The summed E-state index contributed by atoms with van der Waals surface area (Å²) in [6.07, 6.45) is 0. The highest BCUT2D eigenvalue weighted by Crippen LogP contribution is 2.39. The van der Waals surface area contributed by atoms with E-state index in [1.54, 1.807) is 37.3 Å². The van der Waals surface area contributed by atoms with Crippen molar-refractivity contribution >= 4 is 34.6 Å². The van der Waals surface area contributed by atoms with Gasteiger partial charge in [-0.1, -0.05) is 18.2 Å². The maximum Gasteiger partial charge on any atom is 0.271 e. The zero-order valence-electron chi connectivity index (χ0n) is 20.2. The summed E-state index contributed by atoms with van der Waals surface area (Å²) in [6, 6.07) is 14.1. The molecule has 1 heterocycles. The van der Waals surface area contributed by atoms with Crippen LogP contribution in [0.1, 0.15) is 53.3 Å². The molecule has 3 aromatic rings. The van der Waals surface area contributed by atoms with Crippen molar-refractivity contribution in [3.8, 4) is 17.2 Å². The highest BCUT2D eigenvalue weighted by Gasteiger charge is 2.18. The van der Waals surface area contributed by atoms with E-state index >= 15 is 0 Å². The molecule has 0 aliphatic rings. The third-order valence-electron chi connectivity index (χ3n) is 4.78. The van der Waals surface area contributed by atoms with Crippen molar-refractivity contribution in [1.82, 2.24) is 5.43 Å². The highest BCUT2D eigenvalue weighted by atomic mass is 32.1. The molecular formula is C26H29N3O5S. The number of hydrazone groups is 1. The number of anilines is 1. The van der Waals surface area contributed by atoms with Crippen LogP contribution in [-0.4, -0.2) is 37.3 Å². The molecule has 2 amide bonds. The molecule has 0 unspecified atom stereocenters. The Morgan fingerprint density at radius 3 is 2.14 bits per heavy atom. The largest absolute Gasteiger partial charge is 0.490 e. The molecule has 0 aliphatic heterocycles. The molecule has 0 fully saturated rings. The molecule has 0 atom stereocenters. The Morgan fingerprint density at radius 1 is 0.857 bits per heavy atom. The van der Waals surface area contributed by atoms with Crippen LogP contribution in [-0.2, 0) is 0 Å². The second kappa shape index (κ2) is 12.6. The summed E-state index contributed by atoms with van der Waals surface area (Å²) < 4.78 is 17.0. The number of carbonyl (C=O) groups is 2. The third-order valence-corrected chi connectivity index (χ3v) is 5.65. The van der Waals surface area contributed by atoms with E-state index in [0.29, 0.717) is 58.9 Å². The number of rotatable bonds is 11. The smallest absolute Gasteiger partial charge is 0.271 e. The molecule has 0 radical (unpaired) electrons. The van der Waals surface area contributed by atoms with Gasteiger partial charge < -0.3 is 19.5 Å². The minimum Gasteiger partial charge on any atom is -0.490 e. The van der Waals surface area contributed by atoms with Gasteiger partial charge in [-0.15, -0.1) is 11.3 Å². The lowest BCUT2D eigenvalue weighted by Crippen LogP contribution is -2.20. The summed E-state index contributed by atoms with van der Waals surface area (Å²) in [7, 11) is 0. The first kappa shape index (κ1) is 25.8. The molecule has 1 aromatic heterocycles. The SMILES string of the molecule is CCOc1cc(C(=O)N/N=C(\C)c2cccc(NC(=O)c3cccs3)c2)cc(OCC)c1OCC. The van der Waals surface area contributed by atoms with Crippen LogP contribution in [0.15, 0.2) is 59.0 Å². The van der Waals surface area contributed by atoms with Crippen LogP contribution >= 0.6 is 11.3 Å². The van der Waals surface area contributed by atoms with Crippen LogP contribution < -0.4 is 25.0 Å². The molecule has 0 spiro atoms. The number of hydrogen-bond acceptors (Lipinski definition) is 7. The molecule has 0 bridgehead atoms. The van der Waals surface area contributed by atoms with Gasteiger partial charge >= 0.3 is 0 Å². The maximum absolute atomic E-state index is 12.9. The topological polar surface area (TPSA) is 98.2 Å². The summed E-state index contributed by atoms with van der Waals surface area (Å²) in [5, 5.41) is 8.97. The van der Waals surface area contributed by atoms with E-state index in [1.807, 2.05) is 44.4 Å². The molecule has 2 N–H and O–H groups in total. The van der Waals surface area contributed by atoms with Crippen molar-refractivity contribution in [3.05, 3.63) is 69.9 Å². The van der Waals surface area contributed by atoms with Gasteiger partial charge in [0.2, 0.25) is 5.75 Å². The Labute approximate surface area is 208 Å². The molecule has 3 rings (SSSR count). The normalized spacial score (nSPS) is 11.0. The van der Waals surface area contributed by atoms with Gasteiger partial charge in [0.25, 0.3) is 11.8 Å². The maximum atomic E-state index is 12.9. The van der Waals surface area contributed by atoms with E-state index < -0.39 is 5.91 Å². The van der Waals surface area contributed by atoms with E-state index in [2.05, 4.69) is 15.8 Å². The lowest BCUT2D eigenvalue weighted by Gasteiger charge is -2.16. The zero-order valence-corrected chi connectivity index (χ0v) is 21.0. The van der Waals surface area contributed by atoms with Crippen molar-refractivity contribution in [3.63, 3.8) is 0 Å². The minimum atomic E-state index is -0.420. The minimum absolute atomic E-state index is 0.175. The molecular weight excluding hydrogens is 466 g/mol. The Bertz CT molecular complexity index is 1160. The summed E-state index contributed by atoms with van der Waals surface area (Å²) in [6.45, 7) is 8.60. The van der Waals surface area contributed by atoms with E-state index in [1.165, 1.54) is 11.3 Å². The molecule has 8 nitrogen and oxygen atoms in total. The van der Waals surface area contributed by atoms with E-state index in [0.717, 1.165) is 5.56 Å². The van der Waals surface area contributed by atoms with Crippen LogP contribution in [0.5, 0.6) is 17.2 Å². The van der Waals surface area contributed by atoms with Crippen LogP contribution in [0.3, 0.4) is 0 Å². The Kier molecular flexibility index (Phi) is 9.25. The predicted octanol–water partition coefficient (Wildman–Crippen LogP) is 5.35. The first-order chi connectivity index (χ1) is 17.0. The zero-order chi connectivity index (χ0) is 25.2. The fraction of sp³-hybridized carbons (Fsp3) is 0.269. The molecule has 0 saturated carbocycles. The molecule has 0 aliphatic carbocycles. The Balaban J connectivity index is 1.77. The highest BCUT2D eigenvalue weighted by molar-refractivity contribution is 7.12. The molecule has 9 heteroatoms. The lowest BCUT2D eigenvalue weighted by atomic mass is 10.1. The molecule has 35 heavy (non-hydrogen) atoms. The lowest BCUT2D eigenvalue weighted by molar-refractivity contribution is 0.0953. The van der Waals surface area contributed by atoms with Gasteiger partial charge in [-0.3, -0.25) is 9.59 Å². The van der Waals surface area contributed by atoms with Crippen molar-refractivity contribution in [1.29, 1.82) is 0 Å². The monoisotopic (exact) mass is 495 g/mol. The van der Waals surface area contributed by atoms with Crippen molar-refractivity contribution in [2.75, 3.05) is 25.1 Å². The first-order valence-electron chi connectivity index (χ1n) is 11.3. The number of thiophene rings is 1. The number of carbonyl (C=O) groups excluding carboxylic acids is 2. The number of hydrogen-bond donors (Lipinski definition) is 2. The van der Waals surface area contributed by atoms with Crippen LogP contribution in [0.25, 0.3) is 0 Å². The quantitative estimate of drug-likeness (QED) is 0.276. The van der Waals surface area contributed by atoms with E-state index in [9.17, 15) is 9.59 Å². The van der Waals surface area contributed by atoms with Gasteiger partial charge in [0, 0.05) is 11.3 Å². The standard InChI is InChI=1S/C26H29N3O5S/c1-5-32-21-15-19(16-22(33-6-2)24(21)34-7-3)25(30)29-28-17(4)18-10-8-11-20(14-18)27-26(31)23-12-9-13-35-23/h8-16H,5-7H2,1-4H3,(H,27,31)(H,29,30)/b28-17+. The van der Waals surface area contributed by atoms with Gasteiger partial charge in [-0.2, -0.15) is 5.10 Å². The van der Waals surface area contributed by atoms with Crippen molar-refractivity contribution in [2.45, 2.75) is 27.7 Å². The summed E-state index contributed by atoms with van der Waals surface area (Å²) in [4.78, 5) is 25.8. The second-order valence-corrected chi connectivity index (χ2v) is 8.20. The van der Waals surface area contributed by atoms with Crippen molar-refractivity contribution < 1.29 is 23.8 Å². The van der Waals surface area contributed by atoms with Gasteiger partial charge in [0.1, 0.15) is 0 Å².